The Labute approximate surface area is 258 Å². The summed E-state index contributed by atoms with van der Waals surface area (Å²) in [6, 6.07) is 0.392. The monoisotopic (exact) mass is 667 g/mol. The van der Waals surface area contributed by atoms with Crippen molar-refractivity contribution in [3.63, 3.8) is 0 Å². The first-order valence-electron chi connectivity index (χ1n) is 13.8. The average molecular weight is 668 g/mol. The molecule has 0 bridgehead atoms. The first-order valence-corrected chi connectivity index (χ1v) is 15.1. The van der Waals surface area contributed by atoms with Crippen molar-refractivity contribution in [1.29, 1.82) is 0 Å². The molecule has 0 amide bonds. The molecular weight excluding hydrogens is 637 g/mol. The van der Waals surface area contributed by atoms with Crippen LogP contribution in [0.3, 0.4) is 0 Å². The van der Waals surface area contributed by atoms with E-state index >= 15 is 0 Å². The number of hydrogen-bond acceptors (Lipinski definition) is 9. The Balaban J connectivity index is 1.52. The molecule has 1 aromatic carbocycles. The van der Waals surface area contributed by atoms with Gasteiger partial charge >= 0.3 is 0 Å². The van der Waals surface area contributed by atoms with Gasteiger partial charge in [-0.15, -0.1) is 16.9 Å². The number of benzene rings is 1. The largest absolute Gasteiger partial charge is 0.394 e. The summed E-state index contributed by atoms with van der Waals surface area (Å²) >= 11 is 7.55. The Morgan fingerprint density at radius 2 is 1.84 bits per heavy atom. The summed E-state index contributed by atoms with van der Waals surface area (Å²) in [6.07, 6.45) is -2.62. The molecule has 2 fully saturated rings. The summed E-state index contributed by atoms with van der Waals surface area (Å²) in [7, 11) is 1.33. The van der Waals surface area contributed by atoms with E-state index in [1.54, 1.807) is 11.6 Å². The normalized spacial score (nSPS) is 27.4. The Bertz CT molecular complexity index is 1450. The summed E-state index contributed by atoms with van der Waals surface area (Å²) in [5.41, 5.74) is -2.49. The van der Waals surface area contributed by atoms with Crippen LogP contribution in [-0.2, 0) is 16.0 Å². The zero-order valence-electron chi connectivity index (χ0n) is 23.6. The van der Waals surface area contributed by atoms with Crippen LogP contribution in [-0.4, -0.2) is 89.1 Å². The van der Waals surface area contributed by atoms with Crippen LogP contribution in [0.2, 0.25) is 5.02 Å². The fourth-order valence-corrected chi connectivity index (χ4v) is 7.84. The highest BCUT2D eigenvalue weighted by Gasteiger charge is 2.53. The van der Waals surface area contributed by atoms with Gasteiger partial charge in [0.2, 0.25) is 5.92 Å². The van der Waals surface area contributed by atoms with Gasteiger partial charge in [-0.05, 0) is 31.9 Å². The van der Waals surface area contributed by atoms with Gasteiger partial charge in [0, 0.05) is 32.1 Å². The molecule has 2 aliphatic rings. The summed E-state index contributed by atoms with van der Waals surface area (Å²) < 4.78 is 84.3. The topological polar surface area (TPSA) is 128 Å². The van der Waals surface area contributed by atoms with Gasteiger partial charge in [-0.3, -0.25) is 4.68 Å². The summed E-state index contributed by atoms with van der Waals surface area (Å²) in [4.78, 5) is 0. The van der Waals surface area contributed by atoms with Crippen molar-refractivity contribution in [3.8, 4) is 11.3 Å². The minimum absolute atomic E-state index is 0.0463. The number of aliphatic hydroxyl groups is 3. The van der Waals surface area contributed by atoms with Crippen LogP contribution >= 0.6 is 23.4 Å². The van der Waals surface area contributed by atoms with Crippen LogP contribution in [0.4, 0.5) is 22.0 Å². The average Bonchev–Trinajstić information content (AvgIpc) is 3.63. The molecule has 10 nitrogen and oxygen atoms in total. The van der Waals surface area contributed by atoms with Crippen molar-refractivity contribution in [2.24, 2.45) is 0 Å². The van der Waals surface area contributed by atoms with E-state index < -0.39 is 83.5 Å². The smallest absolute Gasteiger partial charge is 0.248 e. The van der Waals surface area contributed by atoms with E-state index in [2.05, 4.69) is 15.4 Å². The Morgan fingerprint density at radius 1 is 1.18 bits per heavy atom. The molecular formula is C27H31ClF5N5O5S. The number of nitrogens with zero attached hydrogens (tertiary/aromatic N) is 5. The second kappa shape index (κ2) is 12.8. The van der Waals surface area contributed by atoms with Gasteiger partial charge in [0.15, 0.2) is 17.5 Å². The van der Waals surface area contributed by atoms with Crippen LogP contribution in [0.1, 0.15) is 49.6 Å². The molecule has 5 rings (SSSR count). The molecule has 0 radical (unpaired) electrons. The molecule has 1 saturated carbocycles. The summed E-state index contributed by atoms with van der Waals surface area (Å²) in [6.45, 7) is 1.52. The number of hydrogen-bond donors (Lipinski definition) is 3. The molecule has 44 heavy (non-hydrogen) atoms. The quantitative estimate of drug-likeness (QED) is 0.226. The highest BCUT2D eigenvalue weighted by molar-refractivity contribution is 8.00. The molecule has 3 heterocycles. The Kier molecular flexibility index (Phi) is 9.62. The van der Waals surface area contributed by atoms with Crippen molar-refractivity contribution < 1.29 is 46.7 Å². The van der Waals surface area contributed by atoms with E-state index in [1.165, 1.54) is 24.2 Å². The van der Waals surface area contributed by atoms with Crippen molar-refractivity contribution >= 4 is 23.4 Å². The van der Waals surface area contributed by atoms with Gasteiger partial charge in [-0.25, -0.2) is 26.6 Å². The van der Waals surface area contributed by atoms with E-state index in [1.807, 2.05) is 0 Å². The van der Waals surface area contributed by atoms with Gasteiger partial charge in [-0.2, -0.15) is 5.10 Å². The fraction of sp³-hybridized carbons (Fsp3) is 0.593. The van der Waals surface area contributed by atoms with Crippen molar-refractivity contribution in [1.82, 2.24) is 24.8 Å². The third-order valence-electron chi connectivity index (χ3n) is 8.18. The molecule has 3 N–H and O–H groups in total. The predicted molar refractivity (Wildman–Crippen MR) is 149 cm³/mol. The van der Waals surface area contributed by atoms with Crippen LogP contribution in [0.25, 0.3) is 11.3 Å². The number of rotatable bonds is 9. The van der Waals surface area contributed by atoms with E-state index in [4.69, 9.17) is 21.1 Å². The van der Waals surface area contributed by atoms with Crippen LogP contribution < -0.4 is 0 Å². The van der Waals surface area contributed by atoms with Gasteiger partial charge in [0.25, 0.3) is 0 Å². The van der Waals surface area contributed by atoms with Gasteiger partial charge in [-0.1, -0.05) is 16.8 Å². The highest BCUT2D eigenvalue weighted by Crippen LogP contribution is 2.54. The third kappa shape index (κ3) is 6.22. The summed E-state index contributed by atoms with van der Waals surface area (Å²) in [5.74, 6) is -7.44. The lowest BCUT2D eigenvalue weighted by atomic mass is 9.79. The highest BCUT2D eigenvalue weighted by atomic mass is 35.5. The number of aliphatic hydroxyl groups excluding tert-OH is 2. The number of ether oxygens (including phenoxy) is 2. The van der Waals surface area contributed by atoms with E-state index in [0.717, 1.165) is 23.9 Å². The molecule has 1 aliphatic heterocycles. The Morgan fingerprint density at radius 3 is 2.43 bits per heavy atom. The number of thioether (sulfide) groups is 1. The number of alkyl halides is 2. The minimum atomic E-state index is -2.94. The number of methoxy groups -OCH3 is 1. The molecule has 2 aromatic heterocycles. The molecule has 17 heteroatoms. The lowest BCUT2D eigenvalue weighted by Crippen LogP contribution is -2.56. The third-order valence-corrected chi connectivity index (χ3v) is 10.1. The minimum Gasteiger partial charge on any atom is -0.394 e. The second-order valence-electron chi connectivity index (χ2n) is 10.9. The maximum absolute atomic E-state index is 14.2. The number of aryl methyl sites for hydroxylation is 1. The number of halogens is 6. The standard InChI is InChI=1S/C27H31ClF5N5O5S/c1-3-37-20(14(28)10-34-37)24(26(41)4-6-27(32,33)7-5-26)44-25-23(42-2)21(22(40)18(12-39)43-25)38-11-17(35-36-38)13-8-15(29)19(31)16(30)9-13/h8-11,18,21-25,39-41H,3-7,12H2,1-2H3/t18-,21+,22+,23-,24-,25+/m1/s1. The molecule has 242 valence electrons. The lowest BCUT2D eigenvalue weighted by molar-refractivity contribution is -0.186. The zero-order valence-corrected chi connectivity index (χ0v) is 25.2. The van der Waals surface area contributed by atoms with Crippen molar-refractivity contribution in [2.75, 3.05) is 13.7 Å². The van der Waals surface area contributed by atoms with Crippen LogP contribution in [0, 0.1) is 17.5 Å². The molecule has 3 aromatic rings. The van der Waals surface area contributed by atoms with Gasteiger partial charge in [0.1, 0.15) is 35.5 Å². The first kappa shape index (κ1) is 33.0. The van der Waals surface area contributed by atoms with Crippen LogP contribution in [0.15, 0.2) is 24.5 Å². The molecule has 0 spiro atoms. The fourth-order valence-electron chi connectivity index (χ4n) is 5.76. The van der Waals surface area contributed by atoms with E-state index in [-0.39, 0.29) is 29.1 Å². The van der Waals surface area contributed by atoms with Crippen molar-refractivity contribution in [3.05, 3.63) is 52.7 Å². The zero-order chi connectivity index (χ0) is 32.0. The maximum atomic E-state index is 14.2. The van der Waals surface area contributed by atoms with E-state index in [9.17, 15) is 37.3 Å². The summed E-state index contributed by atoms with van der Waals surface area (Å²) in [5, 5.41) is 44.6. The molecule has 1 aliphatic carbocycles. The lowest BCUT2D eigenvalue weighted by Gasteiger charge is -2.47. The first-order chi connectivity index (χ1) is 20.8. The van der Waals surface area contributed by atoms with Crippen molar-refractivity contribution in [2.45, 2.75) is 85.7 Å². The predicted octanol–water partition coefficient (Wildman–Crippen LogP) is 4.28. The van der Waals surface area contributed by atoms with Gasteiger partial charge in [0.05, 0.1) is 40.6 Å². The van der Waals surface area contributed by atoms with Crippen LogP contribution in [0.5, 0.6) is 0 Å². The Hall–Kier alpha value is -2.34. The molecule has 1 saturated heterocycles. The van der Waals surface area contributed by atoms with E-state index in [0.29, 0.717) is 12.2 Å². The number of aromatic nitrogens is 5. The SMILES string of the molecule is CCn1ncc(Cl)c1[C@@H](S[C@@H]1O[C@H](CO)[C@H](O)[C@H](n2cc(-c3cc(F)c(F)c(F)c3)nn2)[C@H]1OC)C1(O)CCC(F)(F)CC1. The maximum Gasteiger partial charge on any atom is 0.248 e. The van der Waals surface area contributed by atoms with Gasteiger partial charge < -0.3 is 24.8 Å². The molecule has 0 unspecified atom stereocenters. The second-order valence-corrected chi connectivity index (χ2v) is 12.5. The molecule has 6 atom stereocenters.